The summed E-state index contributed by atoms with van der Waals surface area (Å²) in [6.45, 7) is 0. The van der Waals surface area contributed by atoms with Gasteiger partial charge in [0.25, 0.3) is 5.60 Å². The quantitative estimate of drug-likeness (QED) is 0.556. The van der Waals surface area contributed by atoms with Crippen molar-refractivity contribution in [2.45, 2.75) is 50.1 Å². The van der Waals surface area contributed by atoms with Gasteiger partial charge in [0.15, 0.2) is 0 Å². The van der Waals surface area contributed by atoms with Crippen molar-refractivity contribution in [3.05, 3.63) is 12.2 Å². The lowest BCUT2D eigenvalue weighted by Gasteiger charge is -2.40. The smallest absolute Gasteiger partial charge is 0.373 e. The second kappa shape index (κ2) is 4.89. The van der Waals surface area contributed by atoms with Crippen LogP contribution in [-0.4, -0.2) is 23.1 Å². The Morgan fingerprint density at radius 1 is 0.727 bits per heavy atom. The van der Waals surface area contributed by atoms with Gasteiger partial charge in [0.2, 0.25) is 0 Å². The molecule has 2 saturated carbocycles. The first kappa shape index (κ1) is 16.1. The van der Waals surface area contributed by atoms with Crippen LogP contribution in [0.4, 0.5) is 26.3 Å². The summed E-state index contributed by atoms with van der Waals surface area (Å²) in [6, 6.07) is 0. The highest BCUT2D eigenvalue weighted by Crippen LogP contribution is 2.58. The van der Waals surface area contributed by atoms with E-state index in [2.05, 4.69) is 0 Å². The summed E-state index contributed by atoms with van der Waals surface area (Å²) >= 11 is 0. The van der Waals surface area contributed by atoms with Gasteiger partial charge in [-0.15, -0.1) is 0 Å². The molecule has 7 heteroatoms. The maximum absolute atomic E-state index is 13.1. The van der Waals surface area contributed by atoms with Crippen molar-refractivity contribution in [2.24, 2.45) is 29.6 Å². The molecule has 0 saturated heterocycles. The zero-order valence-electron chi connectivity index (χ0n) is 11.8. The topological polar surface area (TPSA) is 20.2 Å². The van der Waals surface area contributed by atoms with E-state index in [1.54, 1.807) is 0 Å². The molecule has 0 aliphatic heterocycles. The van der Waals surface area contributed by atoms with Gasteiger partial charge in [0, 0.05) is 5.92 Å². The third-order valence-corrected chi connectivity index (χ3v) is 5.70. The molecule has 5 unspecified atom stereocenters. The number of alkyl halides is 6. The predicted molar refractivity (Wildman–Crippen MR) is 66.7 cm³/mol. The van der Waals surface area contributed by atoms with E-state index in [0.29, 0.717) is 19.3 Å². The van der Waals surface area contributed by atoms with E-state index in [1.165, 1.54) is 0 Å². The Bertz CT molecular complexity index is 452. The van der Waals surface area contributed by atoms with Gasteiger partial charge in [-0.05, 0) is 55.8 Å². The largest absolute Gasteiger partial charge is 0.426 e. The molecular weight excluding hydrogens is 310 g/mol. The van der Waals surface area contributed by atoms with E-state index in [9.17, 15) is 31.4 Å². The van der Waals surface area contributed by atoms with Crippen LogP contribution < -0.4 is 0 Å². The van der Waals surface area contributed by atoms with Crippen LogP contribution in [0.25, 0.3) is 0 Å². The molecule has 0 aromatic heterocycles. The van der Waals surface area contributed by atoms with E-state index in [-0.39, 0.29) is 24.2 Å². The second-order valence-electron chi connectivity index (χ2n) is 7.08. The number of allylic oxidation sites excluding steroid dienone is 2. The summed E-state index contributed by atoms with van der Waals surface area (Å²) in [5, 5.41) is 9.72. The number of fused-ring (bicyclic) bond motifs is 4. The molecule has 2 fully saturated rings. The Hall–Kier alpha value is -0.720. The Balaban J connectivity index is 1.95. The molecule has 22 heavy (non-hydrogen) atoms. The van der Waals surface area contributed by atoms with Gasteiger partial charge in [0.1, 0.15) is 0 Å². The zero-order valence-corrected chi connectivity index (χ0v) is 11.8. The molecule has 1 N–H and O–H groups in total. The van der Waals surface area contributed by atoms with Crippen LogP contribution in [0.3, 0.4) is 0 Å². The fourth-order valence-corrected chi connectivity index (χ4v) is 4.81. The van der Waals surface area contributed by atoms with Crippen LogP contribution >= 0.6 is 0 Å². The third-order valence-electron chi connectivity index (χ3n) is 5.70. The standard InChI is InChI=1S/C15H18F6O/c16-14(17,18)13(22,15(19,20)21)12-7-10-4-8-1-2-9(3-8)5-11(12)6-10/h1-2,8-12,22H,3-7H2. The Labute approximate surface area is 124 Å². The van der Waals surface area contributed by atoms with Crippen molar-refractivity contribution in [3.63, 3.8) is 0 Å². The maximum atomic E-state index is 13.1. The summed E-state index contributed by atoms with van der Waals surface area (Å²) < 4.78 is 78.7. The second-order valence-corrected chi connectivity index (χ2v) is 7.08. The highest BCUT2D eigenvalue weighted by Gasteiger charge is 2.75. The monoisotopic (exact) mass is 328 g/mol. The number of halogens is 6. The molecule has 3 aliphatic carbocycles. The Morgan fingerprint density at radius 3 is 1.82 bits per heavy atom. The highest BCUT2D eigenvalue weighted by atomic mass is 19.4. The van der Waals surface area contributed by atoms with Crippen molar-refractivity contribution >= 4 is 0 Å². The molecule has 126 valence electrons. The molecule has 1 nitrogen and oxygen atoms in total. The Kier molecular flexibility index (Phi) is 3.59. The van der Waals surface area contributed by atoms with Gasteiger partial charge < -0.3 is 5.11 Å². The molecule has 0 radical (unpaired) electrons. The van der Waals surface area contributed by atoms with Crippen molar-refractivity contribution in [1.29, 1.82) is 0 Å². The molecule has 4 bridgehead atoms. The molecule has 0 amide bonds. The molecule has 0 spiro atoms. The summed E-state index contributed by atoms with van der Waals surface area (Å²) in [6.07, 6.45) is -5.53. The number of hydrogen-bond donors (Lipinski definition) is 1. The molecule has 3 rings (SSSR count). The van der Waals surface area contributed by atoms with Crippen LogP contribution in [0.1, 0.15) is 32.1 Å². The van der Waals surface area contributed by atoms with E-state index in [0.717, 1.165) is 6.42 Å². The molecule has 5 atom stereocenters. The van der Waals surface area contributed by atoms with Crippen LogP contribution in [-0.2, 0) is 0 Å². The lowest BCUT2D eigenvalue weighted by molar-refractivity contribution is -0.388. The summed E-state index contributed by atoms with van der Waals surface area (Å²) in [7, 11) is 0. The van der Waals surface area contributed by atoms with Gasteiger partial charge >= 0.3 is 12.4 Å². The minimum absolute atomic E-state index is 0.0438. The number of aliphatic hydroxyl groups is 1. The van der Waals surface area contributed by atoms with Gasteiger partial charge in [-0.3, -0.25) is 0 Å². The normalized spacial score (nSPS) is 39.0. The van der Waals surface area contributed by atoms with E-state index < -0.39 is 29.8 Å². The maximum Gasteiger partial charge on any atom is 0.426 e. The third kappa shape index (κ3) is 2.36. The minimum atomic E-state index is -5.70. The van der Waals surface area contributed by atoms with Crippen molar-refractivity contribution in [3.8, 4) is 0 Å². The fourth-order valence-electron chi connectivity index (χ4n) is 4.81. The van der Waals surface area contributed by atoms with Crippen LogP contribution in [0, 0.1) is 29.6 Å². The zero-order chi connectivity index (χ0) is 16.3. The van der Waals surface area contributed by atoms with Gasteiger partial charge in [0.05, 0.1) is 0 Å². The van der Waals surface area contributed by atoms with Crippen molar-refractivity contribution in [1.82, 2.24) is 0 Å². The Morgan fingerprint density at radius 2 is 1.27 bits per heavy atom. The van der Waals surface area contributed by atoms with E-state index >= 15 is 0 Å². The number of hydrogen-bond acceptors (Lipinski definition) is 1. The van der Waals surface area contributed by atoms with E-state index in [1.807, 2.05) is 12.2 Å². The average Bonchev–Trinajstić information content (AvgIpc) is 2.94. The van der Waals surface area contributed by atoms with Crippen LogP contribution in [0.5, 0.6) is 0 Å². The number of rotatable bonds is 1. The van der Waals surface area contributed by atoms with Crippen LogP contribution in [0.2, 0.25) is 0 Å². The van der Waals surface area contributed by atoms with Crippen LogP contribution in [0.15, 0.2) is 12.2 Å². The fraction of sp³-hybridized carbons (Fsp3) is 0.867. The SMILES string of the molecule is OC(C1CC2CC3C=CC(C3)CC1C2)(C(F)(F)F)C(F)(F)F. The molecule has 0 aromatic rings. The predicted octanol–water partition coefficient (Wildman–Crippen LogP) is 4.47. The first-order chi connectivity index (χ1) is 10.0. The summed E-state index contributed by atoms with van der Waals surface area (Å²) in [5.41, 5.74) is -4.59. The molecule has 0 heterocycles. The molecule has 3 aliphatic rings. The van der Waals surface area contributed by atoms with Crippen molar-refractivity contribution < 1.29 is 31.4 Å². The minimum Gasteiger partial charge on any atom is -0.373 e. The van der Waals surface area contributed by atoms with Gasteiger partial charge in [-0.25, -0.2) is 0 Å². The molecular formula is C15H18F6O. The lowest BCUT2D eigenvalue weighted by atomic mass is 9.75. The summed E-state index contributed by atoms with van der Waals surface area (Å²) in [4.78, 5) is 0. The van der Waals surface area contributed by atoms with Crippen molar-refractivity contribution in [2.75, 3.05) is 0 Å². The highest BCUT2D eigenvalue weighted by molar-refractivity contribution is 5.10. The first-order valence-corrected chi connectivity index (χ1v) is 7.56. The molecule has 0 aromatic carbocycles. The van der Waals surface area contributed by atoms with Gasteiger partial charge in [-0.2, -0.15) is 26.3 Å². The first-order valence-electron chi connectivity index (χ1n) is 7.56. The summed E-state index contributed by atoms with van der Waals surface area (Å²) in [5.74, 6) is -2.38. The van der Waals surface area contributed by atoms with E-state index in [4.69, 9.17) is 0 Å². The lowest BCUT2D eigenvalue weighted by Crippen LogP contribution is -2.62. The average molecular weight is 328 g/mol. The van der Waals surface area contributed by atoms with Gasteiger partial charge in [-0.1, -0.05) is 12.2 Å².